The Morgan fingerprint density at radius 3 is 2.67 bits per heavy atom. The standard InChI is InChI=1S/C19H20N2O2S/c1-13-3-5-14(6-4-13)19-21-11-17(24-19)10-20-16-7-8-18(23-2)15(9-16)12-22/h3-9,11,20,22H,10,12H2,1-2H3. The Kier molecular flexibility index (Phi) is 5.13. The molecule has 0 unspecified atom stereocenters. The molecule has 2 aromatic carbocycles. The molecular weight excluding hydrogens is 320 g/mol. The monoisotopic (exact) mass is 340 g/mol. The van der Waals surface area contributed by atoms with E-state index in [1.54, 1.807) is 18.4 Å². The Labute approximate surface area is 145 Å². The summed E-state index contributed by atoms with van der Waals surface area (Å²) < 4.78 is 5.22. The molecule has 3 aromatic rings. The van der Waals surface area contributed by atoms with Crippen molar-refractivity contribution in [3.8, 4) is 16.3 Å². The van der Waals surface area contributed by atoms with Gasteiger partial charge in [-0.2, -0.15) is 0 Å². The maximum Gasteiger partial charge on any atom is 0.124 e. The average molecular weight is 340 g/mol. The number of anilines is 1. The van der Waals surface area contributed by atoms with Gasteiger partial charge in [0.1, 0.15) is 10.8 Å². The molecule has 0 atom stereocenters. The zero-order chi connectivity index (χ0) is 16.9. The van der Waals surface area contributed by atoms with Crippen molar-refractivity contribution in [2.45, 2.75) is 20.1 Å². The molecule has 0 aliphatic heterocycles. The molecule has 3 rings (SSSR count). The van der Waals surface area contributed by atoms with E-state index in [1.807, 2.05) is 24.4 Å². The van der Waals surface area contributed by atoms with Gasteiger partial charge in [-0.3, -0.25) is 0 Å². The molecular formula is C19H20N2O2S. The van der Waals surface area contributed by atoms with Gasteiger partial charge in [0.15, 0.2) is 0 Å². The predicted octanol–water partition coefficient (Wildman–Crippen LogP) is 4.23. The van der Waals surface area contributed by atoms with Crippen molar-refractivity contribution in [2.24, 2.45) is 0 Å². The average Bonchev–Trinajstić information content (AvgIpc) is 3.09. The van der Waals surface area contributed by atoms with Gasteiger partial charge in [0.05, 0.1) is 20.3 Å². The zero-order valence-corrected chi connectivity index (χ0v) is 14.6. The molecule has 0 amide bonds. The first-order valence-corrected chi connectivity index (χ1v) is 8.54. The van der Waals surface area contributed by atoms with Gasteiger partial charge in [0.25, 0.3) is 0 Å². The smallest absolute Gasteiger partial charge is 0.124 e. The molecule has 0 saturated carbocycles. The minimum Gasteiger partial charge on any atom is -0.496 e. The molecule has 4 nitrogen and oxygen atoms in total. The highest BCUT2D eigenvalue weighted by Gasteiger charge is 2.06. The quantitative estimate of drug-likeness (QED) is 0.705. The molecule has 1 aromatic heterocycles. The number of hydrogen-bond acceptors (Lipinski definition) is 5. The number of ether oxygens (including phenoxy) is 1. The largest absolute Gasteiger partial charge is 0.496 e. The third kappa shape index (κ3) is 3.75. The van der Waals surface area contributed by atoms with Gasteiger partial charge in [0, 0.05) is 27.9 Å². The molecule has 0 aliphatic carbocycles. The van der Waals surface area contributed by atoms with Gasteiger partial charge in [-0.15, -0.1) is 11.3 Å². The summed E-state index contributed by atoms with van der Waals surface area (Å²) in [5.41, 5.74) is 4.11. The molecule has 0 bridgehead atoms. The minimum atomic E-state index is -0.0448. The van der Waals surface area contributed by atoms with Crippen LogP contribution in [0.3, 0.4) is 0 Å². The fraction of sp³-hybridized carbons (Fsp3) is 0.211. The van der Waals surface area contributed by atoms with E-state index in [0.29, 0.717) is 12.3 Å². The molecule has 24 heavy (non-hydrogen) atoms. The SMILES string of the molecule is COc1ccc(NCc2cnc(-c3ccc(C)cc3)s2)cc1CO. The van der Waals surface area contributed by atoms with Crippen molar-refractivity contribution < 1.29 is 9.84 Å². The van der Waals surface area contributed by atoms with Crippen LogP contribution in [0.4, 0.5) is 5.69 Å². The maximum absolute atomic E-state index is 9.39. The van der Waals surface area contributed by atoms with E-state index in [4.69, 9.17) is 4.74 Å². The van der Waals surface area contributed by atoms with Crippen LogP contribution in [-0.2, 0) is 13.2 Å². The topological polar surface area (TPSA) is 54.4 Å². The minimum absolute atomic E-state index is 0.0448. The molecule has 0 saturated heterocycles. The lowest BCUT2D eigenvalue weighted by Gasteiger charge is -2.10. The highest BCUT2D eigenvalue weighted by Crippen LogP contribution is 2.27. The third-order valence-corrected chi connectivity index (χ3v) is 4.82. The Balaban J connectivity index is 1.68. The highest BCUT2D eigenvalue weighted by atomic mass is 32.1. The van der Waals surface area contributed by atoms with Crippen LogP contribution < -0.4 is 10.1 Å². The lowest BCUT2D eigenvalue weighted by atomic mass is 10.2. The van der Waals surface area contributed by atoms with E-state index in [-0.39, 0.29) is 6.61 Å². The van der Waals surface area contributed by atoms with E-state index in [2.05, 4.69) is 41.5 Å². The lowest BCUT2D eigenvalue weighted by Crippen LogP contribution is -1.99. The van der Waals surface area contributed by atoms with Crippen molar-refractivity contribution in [3.05, 3.63) is 64.7 Å². The number of nitrogens with one attached hydrogen (secondary N) is 1. The van der Waals surface area contributed by atoms with Crippen LogP contribution in [-0.4, -0.2) is 17.2 Å². The summed E-state index contributed by atoms with van der Waals surface area (Å²) in [4.78, 5) is 5.67. The number of hydrogen-bond donors (Lipinski definition) is 2. The van der Waals surface area contributed by atoms with Crippen LogP contribution in [0.1, 0.15) is 16.0 Å². The van der Waals surface area contributed by atoms with E-state index < -0.39 is 0 Å². The van der Waals surface area contributed by atoms with Gasteiger partial charge < -0.3 is 15.2 Å². The van der Waals surface area contributed by atoms with Crippen LogP contribution in [0, 0.1) is 6.92 Å². The van der Waals surface area contributed by atoms with Crippen molar-refractivity contribution >= 4 is 17.0 Å². The summed E-state index contributed by atoms with van der Waals surface area (Å²) in [5.74, 6) is 0.697. The van der Waals surface area contributed by atoms with Gasteiger partial charge in [-0.1, -0.05) is 29.8 Å². The summed E-state index contributed by atoms with van der Waals surface area (Å²) in [6, 6.07) is 14.1. The first-order valence-electron chi connectivity index (χ1n) is 7.73. The summed E-state index contributed by atoms with van der Waals surface area (Å²) >= 11 is 1.68. The van der Waals surface area contributed by atoms with E-state index in [9.17, 15) is 5.11 Å². The molecule has 0 radical (unpaired) electrons. The number of methoxy groups -OCH3 is 1. The van der Waals surface area contributed by atoms with E-state index >= 15 is 0 Å². The Morgan fingerprint density at radius 1 is 1.17 bits per heavy atom. The predicted molar refractivity (Wildman–Crippen MR) is 98.5 cm³/mol. The molecule has 0 fully saturated rings. The van der Waals surface area contributed by atoms with Gasteiger partial charge in [-0.05, 0) is 25.1 Å². The van der Waals surface area contributed by atoms with Crippen LogP contribution in [0.15, 0.2) is 48.7 Å². The number of thiazole rings is 1. The number of aryl methyl sites for hydroxylation is 1. The van der Waals surface area contributed by atoms with E-state index in [0.717, 1.165) is 26.7 Å². The van der Waals surface area contributed by atoms with Crippen LogP contribution in [0.25, 0.3) is 10.6 Å². The van der Waals surface area contributed by atoms with Crippen molar-refractivity contribution in [1.82, 2.24) is 4.98 Å². The molecule has 1 heterocycles. The zero-order valence-electron chi connectivity index (χ0n) is 13.7. The maximum atomic E-state index is 9.39. The second-order valence-corrected chi connectivity index (χ2v) is 6.65. The number of aliphatic hydroxyl groups is 1. The third-order valence-electron chi connectivity index (χ3n) is 3.77. The Hall–Kier alpha value is -2.37. The summed E-state index contributed by atoms with van der Waals surface area (Å²) in [7, 11) is 1.60. The fourth-order valence-electron chi connectivity index (χ4n) is 2.42. The fourth-order valence-corrected chi connectivity index (χ4v) is 3.28. The van der Waals surface area contributed by atoms with E-state index in [1.165, 1.54) is 5.56 Å². The number of aliphatic hydroxyl groups excluding tert-OH is 1. The van der Waals surface area contributed by atoms with Crippen LogP contribution in [0.5, 0.6) is 5.75 Å². The number of nitrogens with zero attached hydrogens (tertiary/aromatic N) is 1. The summed E-state index contributed by atoms with van der Waals surface area (Å²) in [6.07, 6.45) is 1.91. The Bertz CT molecular complexity index is 812. The number of benzene rings is 2. The Morgan fingerprint density at radius 2 is 1.96 bits per heavy atom. The summed E-state index contributed by atoms with van der Waals surface area (Å²) in [5, 5.41) is 13.8. The lowest BCUT2D eigenvalue weighted by molar-refractivity contribution is 0.274. The highest BCUT2D eigenvalue weighted by molar-refractivity contribution is 7.15. The second-order valence-electron chi connectivity index (χ2n) is 5.54. The van der Waals surface area contributed by atoms with Crippen molar-refractivity contribution in [1.29, 1.82) is 0 Å². The van der Waals surface area contributed by atoms with Gasteiger partial charge in [-0.25, -0.2) is 4.98 Å². The van der Waals surface area contributed by atoms with Crippen LogP contribution in [0.2, 0.25) is 0 Å². The first kappa shape index (κ1) is 16.5. The van der Waals surface area contributed by atoms with Crippen molar-refractivity contribution in [3.63, 3.8) is 0 Å². The van der Waals surface area contributed by atoms with Gasteiger partial charge >= 0.3 is 0 Å². The second kappa shape index (κ2) is 7.47. The molecule has 124 valence electrons. The number of rotatable bonds is 6. The summed E-state index contributed by atoms with van der Waals surface area (Å²) in [6.45, 7) is 2.73. The molecule has 2 N–H and O–H groups in total. The number of aromatic nitrogens is 1. The van der Waals surface area contributed by atoms with Gasteiger partial charge in [0.2, 0.25) is 0 Å². The first-order chi connectivity index (χ1) is 11.7. The molecule has 0 spiro atoms. The molecule has 5 heteroatoms. The van der Waals surface area contributed by atoms with Crippen molar-refractivity contribution in [2.75, 3.05) is 12.4 Å². The van der Waals surface area contributed by atoms with Crippen LogP contribution >= 0.6 is 11.3 Å². The normalized spacial score (nSPS) is 10.6. The molecule has 0 aliphatic rings.